The van der Waals surface area contributed by atoms with E-state index in [0.29, 0.717) is 12.8 Å². The lowest BCUT2D eigenvalue weighted by atomic mass is 9.83. The van der Waals surface area contributed by atoms with Gasteiger partial charge in [-0.3, -0.25) is 0 Å². The highest BCUT2D eigenvalue weighted by atomic mass is 19.4. The fourth-order valence-corrected chi connectivity index (χ4v) is 2.46. The van der Waals surface area contributed by atoms with E-state index in [4.69, 9.17) is 0 Å². The molecule has 0 nitrogen and oxygen atoms in total. The fraction of sp³-hybridized carbons (Fsp3) is 0.500. The van der Waals surface area contributed by atoms with Gasteiger partial charge in [-0.25, -0.2) is 0 Å². The van der Waals surface area contributed by atoms with Crippen LogP contribution >= 0.6 is 0 Å². The van der Waals surface area contributed by atoms with Crippen LogP contribution in [0.4, 0.5) is 26.3 Å². The number of hydrogen-bond acceptors (Lipinski definition) is 0. The van der Waals surface area contributed by atoms with Crippen molar-refractivity contribution in [3.05, 3.63) is 41.3 Å². The van der Waals surface area contributed by atoms with Crippen LogP contribution in [0.5, 0.6) is 0 Å². The Labute approximate surface area is 112 Å². The molecule has 0 aromatic heterocycles. The highest BCUT2D eigenvalue weighted by molar-refractivity contribution is 5.35. The molecule has 111 valence electrons. The normalized spacial score (nSPS) is 18.3. The lowest BCUT2D eigenvalue weighted by Crippen LogP contribution is -2.14. The molecule has 1 saturated carbocycles. The maximum absolute atomic E-state index is 12.7. The minimum Gasteiger partial charge on any atom is -0.166 e. The molecule has 0 amide bonds. The lowest BCUT2D eigenvalue weighted by Gasteiger charge is -2.24. The molecule has 1 unspecified atom stereocenters. The minimum atomic E-state index is -4.77. The van der Waals surface area contributed by atoms with Gasteiger partial charge in [0.2, 0.25) is 0 Å². The molecule has 0 aliphatic heterocycles. The first-order valence-corrected chi connectivity index (χ1v) is 6.29. The molecule has 0 heterocycles. The van der Waals surface area contributed by atoms with E-state index in [1.807, 2.05) is 6.42 Å². The molecule has 0 N–H and O–H groups in total. The SMILES string of the molecule is FC(F)(F)c1cc(C2C[CH]CCC2)cc(C(F)(F)F)c1. The van der Waals surface area contributed by atoms with Crippen LogP contribution in [-0.2, 0) is 12.4 Å². The van der Waals surface area contributed by atoms with Gasteiger partial charge in [-0.1, -0.05) is 12.8 Å². The summed E-state index contributed by atoms with van der Waals surface area (Å²) < 4.78 is 76.4. The van der Waals surface area contributed by atoms with Gasteiger partial charge in [-0.15, -0.1) is 0 Å². The molecule has 1 aromatic rings. The van der Waals surface area contributed by atoms with E-state index in [2.05, 4.69) is 0 Å². The summed E-state index contributed by atoms with van der Waals surface area (Å²) >= 11 is 0. The lowest BCUT2D eigenvalue weighted by molar-refractivity contribution is -0.143. The molecule has 1 radical (unpaired) electrons. The average molecular weight is 295 g/mol. The smallest absolute Gasteiger partial charge is 0.166 e. The zero-order valence-electron chi connectivity index (χ0n) is 10.5. The third-order valence-corrected chi connectivity index (χ3v) is 3.49. The highest BCUT2D eigenvalue weighted by Crippen LogP contribution is 2.40. The van der Waals surface area contributed by atoms with Gasteiger partial charge in [0, 0.05) is 0 Å². The van der Waals surface area contributed by atoms with E-state index in [1.54, 1.807) is 0 Å². The largest absolute Gasteiger partial charge is 0.416 e. The van der Waals surface area contributed by atoms with Crippen molar-refractivity contribution in [1.82, 2.24) is 0 Å². The molecular formula is C14H13F6. The van der Waals surface area contributed by atoms with Crippen LogP contribution in [0.1, 0.15) is 48.3 Å². The summed E-state index contributed by atoms with van der Waals surface area (Å²) in [4.78, 5) is 0. The zero-order valence-corrected chi connectivity index (χ0v) is 10.5. The van der Waals surface area contributed by atoms with Crippen molar-refractivity contribution < 1.29 is 26.3 Å². The highest BCUT2D eigenvalue weighted by Gasteiger charge is 2.37. The van der Waals surface area contributed by atoms with E-state index in [9.17, 15) is 26.3 Å². The van der Waals surface area contributed by atoms with Crippen molar-refractivity contribution in [2.45, 2.75) is 44.0 Å². The molecule has 1 atom stereocenters. The summed E-state index contributed by atoms with van der Waals surface area (Å²) in [6, 6.07) is 1.87. The molecule has 1 aromatic carbocycles. The van der Waals surface area contributed by atoms with Crippen molar-refractivity contribution in [2.75, 3.05) is 0 Å². The molecule has 1 aliphatic carbocycles. The number of alkyl halides is 6. The van der Waals surface area contributed by atoms with E-state index in [-0.39, 0.29) is 17.5 Å². The minimum absolute atomic E-state index is 0.128. The Hall–Kier alpha value is -1.20. The molecule has 2 rings (SSSR count). The average Bonchev–Trinajstić information content (AvgIpc) is 2.37. The number of hydrogen-bond donors (Lipinski definition) is 0. The second-order valence-corrected chi connectivity index (χ2v) is 4.99. The standard InChI is InChI=1S/C14H13F6/c15-13(16,17)11-6-10(9-4-2-1-3-5-9)7-12(8-11)14(18,19)20/h2,6-9H,1,3-5H2. The van der Waals surface area contributed by atoms with E-state index >= 15 is 0 Å². The molecule has 1 aliphatic rings. The second-order valence-electron chi connectivity index (χ2n) is 4.99. The Morgan fingerprint density at radius 3 is 1.80 bits per heavy atom. The Bertz CT molecular complexity index is 433. The number of halogens is 6. The van der Waals surface area contributed by atoms with Gasteiger partial charge in [-0.05, 0) is 48.9 Å². The van der Waals surface area contributed by atoms with Gasteiger partial charge < -0.3 is 0 Å². The van der Waals surface area contributed by atoms with Crippen LogP contribution in [0.15, 0.2) is 18.2 Å². The van der Waals surface area contributed by atoms with Crippen LogP contribution in [0.3, 0.4) is 0 Å². The first-order chi connectivity index (χ1) is 9.18. The Morgan fingerprint density at radius 1 is 0.850 bits per heavy atom. The number of rotatable bonds is 1. The van der Waals surface area contributed by atoms with Gasteiger partial charge in [0.05, 0.1) is 11.1 Å². The summed E-state index contributed by atoms with van der Waals surface area (Å²) in [5.41, 5.74) is -2.33. The maximum atomic E-state index is 12.7. The van der Waals surface area contributed by atoms with Crippen LogP contribution in [0.25, 0.3) is 0 Å². The van der Waals surface area contributed by atoms with E-state index in [1.165, 1.54) is 0 Å². The van der Waals surface area contributed by atoms with Crippen molar-refractivity contribution in [3.63, 3.8) is 0 Å². The predicted molar refractivity (Wildman–Crippen MR) is 62.0 cm³/mol. The maximum Gasteiger partial charge on any atom is 0.416 e. The van der Waals surface area contributed by atoms with Gasteiger partial charge in [0.15, 0.2) is 0 Å². The van der Waals surface area contributed by atoms with E-state index < -0.39 is 23.5 Å². The molecule has 6 heteroatoms. The third kappa shape index (κ3) is 3.46. The molecule has 0 bridgehead atoms. The first-order valence-electron chi connectivity index (χ1n) is 6.29. The van der Waals surface area contributed by atoms with Crippen molar-refractivity contribution in [1.29, 1.82) is 0 Å². The van der Waals surface area contributed by atoms with Crippen LogP contribution in [0.2, 0.25) is 0 Å². The van der Waals surface area contributed by atoms with E-state index in [0.717, 1.165) is 25.0 Å². The van der Waals surface area contributed by atoms with Crippen molar-refractivity contribution >= 4 is 0 Å². The molecule has 1 fully saturated rings. The Kier molecular flexibility index (Phi) is 4.02. The Balaban J connectivity index is 2.45. The number of benzene rings is 1. The Morgan fingerprint density at radius 2 is 1.40 bits per heavy atom. The predicted octanol–water partition coefficient (Wildman–Crippen LogP) is 5.59. The summed E-state index contributed by atoms with van der Waals surface area (Å²) in [5.74, 6) is -0.257. The van der Waals surface area contributed by atoms with Crippen LogP contribution < -0.4 is 0 Å². The van der Waals surface area contributed by atoms with Crippen molar-refractivity contribution in [2.24, 2.45) is 0 Å². The van der Waals surface area contributed by atoms with Crippen LogP contribution in [-0.4, -0.2) is 0 Å². The fourth-order valence-electron chi connectivity index (χ4n) is 2.46. The molecule has 0 saturated heterocycles. The summed E-state index contributed by atoms with van der Waals surface area (Å²) in [7, 11) is 0. The second kappa shape index (κ2) is 5.30. The third-order valence-electron chi connectivity index (χ3n) is 3.49. The van der Waals surface area contributed by atoms with Crippen LogP contribution in [0, 0.1) is 6.42 Å². The van der Waals surface area contributed by atoms with Crippen molar-refractivity contribution in [3.8, 4) is 0 Å². The molecule has 20 heavy (non-hydrogen) atoms. The topological polar surface area (TPSA) is 0 Å². The van der Waals surface area contributed by atoms with Gasteiger partial charge >= 0.3 is 12.4 Å². The van der Waals surface area contributed by atoms with Gasteiger partial charge in [-0.2, -0.15) is 26.3 Å². The summed E-state index contributed by atoms with van der Waals surface area (Å²) in [6.07, 6.45) is -4.82. The first kappa shape index (κ1) is 15.2. The monoisotopic (exact) mass is 295 g/mol. The van der Waals surface area contributed by atoms with Gasteiger partial charge in [0.1, 0.15) is 0 Å². The zero-order chi connectivity index (χ0) is 15.0. The summed E-state index contributed by atoms with van der Waals surface area (Å²) in [6.45, 7) is 0. The summed E-state index contributed by atoms with van der Waals surface area (Å²) in [5, 5.41) is 0. The molecular weight excluding hydrogens is 282 g/mol. The van der Waals surface area contributed by atoms with Gasteiger partial charge in [0.25, 0.3) is 0 Å². The molecule has 0 spiro atoms. The quantitative estimate of drug-likeness (QED) is 0.593.